The first kappa shape index (κ1) is 17.6. The number of piperidine rings is 1. The predicted octanol–water partition coefficient (Wildman–Crippen LogP) is 2.08. The molecule has 136 valence electrons. The molecule has 1 fully saturated rings. The summed E-state index contributed by atoms with van der Waals surface area (Å²) >= 11 is 0. The lowest BCUT2D eigenvalue weighted by molar-refractivity contribution is -0.138. The first-order valence-electron chi connectivity index (χ1n) is 8.90. The number of carbonyl (C=O) groups excluding carboxylic acids is 1. The van der Waals surface area contributed by atoms with E-state index in [0.717, 1.165) is 49.3 Å². The maximum atomic E-state index is 12.4. The third-order valence-corrected chi connectivity index (χ3v) is 4.94. The number of hydrogen-bond donors (Lipinski definition) is 0. The molecule has 1 aliphatic heterocycles. The normalized spacial score (nSPS) is 16.4. The van der Waals surface area contributed by atoms with Gasteiger partial charge in [-0.1, -0.05) is 20.8 Å². The number of nitrogens with zero attached hydrogens (tertiary/aromatic N) is 6. The number of hydrogen-bond acceptors (Lipinski definition) is 5. The number of amides is 1. The van der Waals surface area contributed by atoms with Gasteiger partial charge in [-0.3, -0.25) is 9.48 Å². The molecule has 1 aliphatic rings. The first-order valence-corrected chi connectivity index (χ1v) is 8.90. The van der Waals surface area contributed by atoms with E-state index in [0.29, 0.717) is 5.92 Å². The molecule has 0 radical (unpaired) electrons. The molecule has 1 saturated heterocycles. The van der Waals surface area contributed by atoms with E-state index in [1.807, 2.05) is 46.0 Å². The van der Waals surface area contributed by atoms with E-state index >= 15 is 0 Å². The molecule has 2 aromatic rings. The Kier molecular flexibility index (Phi) is 4.67. The van der Waals surface area contributed by atoms with Gasteiger partial charge >= 0.3 is 0 Å². The molecule has 7 nitrogen and oxygen atoms in total. The van der Waals surface area contributed by atoms with Gasteiger partial charge in [0.2, 0.25) is 5.91 Å². The fraction of sp³-hybridized carbons (Fsp3) is 0.667. The Balaban J connectivity index is 1.63. The zero-order valence-corrected chi connectivity index (χ0v) is 15.9. The molecular weight excluding hydrogens is 316 g/mol. The third kappa shape index (κ3) is 3.60. The van der Waals surface area contributed by atoms with Crippen LogP contribution in [0.3, 0.4) is 0 Å². The molecular formula is C18H28N6O. The van der Waals surface area contributed by atoms with Crippen LogP contribution in [0.15, 0.2) is 12.5 Å². The molecule has 2 aromatic heterocycles. The van der Waals surface area contributed by atoms with Crippen LogP contribution in [0.5, 0.6) is 0 Å². The van der Waals surface area contributed by atoms with E-state index in [-0.39, 0.29) is 11.3 Å². The molecule has 0 atom stereocenters. The van der Waals surface area contributed by atoms with Crippen LogP contribution >= 0.6 is 0 Å². The summed E-state index contributed by atoms with van der Waals surface area (Å²) in [4.78, 5) is 25.4. The van der Waals surface area contributed by atoms with Crippen molar-refractivity contribution in [1.82, 2.24) is 24.6 Å². The van der Waals surface area contributed by atoms with Gasteiger partial charge in [-0.25, -0.2) is 9.97 Å². The standard InChI is InChI=1S/C18H28N6O/c1-18(2,3)17(25)22(4)11-13-6-8-24(9-7-13)16-14-10-21-23(5)15(14)19-12-20-16/h10,12-13H,6-9,11H2,1-5H3. The Morgan fingerprint density at radius 3 is 2.60 bits per heavy atom. The van der Waals surface area contributed by atoms with Crippen molar-refractivity contribution in [2.24, 2.45) is 18.4 Å². The predicted molar refractivity (Wildman–Crippen MR) is 98.3 cm³/mol. The zero-order valence-electron chi connectivity index (χ0n) is 15.9. The van der Waals surface area contributed by atoms with E-state index < -0.39 is 0 Å². The molecule has 7 heteroatoms. The van der Waals surface area contributed by atoms with Crippen molar-refractivity contribution >= 4 is 22.8 Å². The van der Waals surface area contributed by atoms with Gasteiger partial charge < -0.3 is 9.80 Å². The van der Waals surface area contributed by atoms with E-state index in [4.69, 9.17) is 0 Å². The maximum absolute atomic E-state index is 12.4. The molecule has 0 bridgehead atoms. The monoisotopic (exact) mass is 344 g/mol. The summed E-state index contributed by atoms with van der Waals surface area (Å²) in [5.74, 6) is 1.72. The van der Waals surface area contributed by atoms with Crippen LogP contribution in [0.2, 0.25) is 0 Å². The molecule has 0 aromatic carbocycles. The fourth-order valence-electron chi connectivity index (χ4n) is 3.57. The summed E-state index contributed by atoms with van der Waals surface area (Å²) in [6, 6.07) is 0. The van der Waals surface area contributed by atoms with Crippen molar-refractivity contribution in [2.75, 3.05) is 31.6 Å². The molecule has 3 rings (SSSR count). The molecule has 0 spiro atoms. The van der Waals surface area contributed by atoms with E-state index in [2.05, 4.69) is 20.0 Å². The van der Waals surface area contributed by atoms with Gasteiger partial charge in [0.15, 0.2) is 5.65 Å². The summed E-state index contributed by atoms with van der Waals surface area (Å²) in [6.45, 7) is 8.65. The highest BCUT2D eigenvalue weighted by atomic mass is 16.2. The number of carbonyl (C=O) groups is 1. The zero-order chi connectivity index (χ0) is 18.2. The average molecular weight is 344 g/mol. The number of rotatable bonds is 3. The highest BCUT2D eigenvalue weighted by molar-refractivity contribution is 5.86. The number of aryl methyl sites for hydroxylation is 1. The van der Waals surface area contributed by atoms with Crippen molar-refractivity contribution in [2.45, 2.75) is 33.6 Å². The van der Waals surface area contributed by atoms with Crippen LogP contribution in [0, 0.1) is 11.3 Å². The second kappa shape index (κ2) is 6.61. The first-order chi connectivity index (χ1) is 11.8. The number of fused-ring (bicyclic) bond motifs is 1. The lowest BCUT2D eigenvalue weighted by Gasteiger charge is -2.36. The highest BCUT2D eigenvalue weighted by Gasteiger charge is 2.28. The Morgan fingerprint density at radius 1 is 1.28 bits per heavy atom. The highest BCUT2D eigenvalue weighted by Crippen LogP contribution is 2.28. The van der Waals surface area contributed by atoms with Crippen molar-refractivity contribution in [1.29, 1.82) is 0 Å². The molecule has 0 unspecified atom stereocenters. The Bertz CT molecular complexity index is 755. The minimum absolute atomic E-state index is 0.211. The Morgan fingerprint density at radius 2 is 1.96 bits per heavy atom. The lowest BCUT2D eigenvalue weighted by Crippen LogP contribution is -2.43. The fourth-order valence-corrected chi connectivity index (χ4v) is 3.57. The van der Waals surface area contributed by atoms with Gasteiger partial charge in [0.25, 0.3) is 0 Å². The molecule has 3 heterocycles. The molecule has 0 N–H and O–H groups in total. The van der Waals surface area contributed by atoms with Crippen LogP contribution in [-0.4, -0.2) is 57.2 Å². The lowest BCUT2D eigenvalue weighted by atomic mass is 9.92. The van der Waals surface area contributed by atoms with Crippen LogP contribution in [-0.2, 0) is 11.8 Å². The van der Waals surface area contributed by atoms with E-state index in [1.54, 1.807) is 11.0 Å². The SMILES string of the molecule is CN(CC1CCN(c2ncnc3c2cnn3C)CC1)C(=O)C(C)(C)C. The number of aromatic nitrogens is 4. The van der Waals surface area contributed by atoms with Crippen LogP contribution in [0.1, 0.15) is 33.6 Å². The molecule has 1 amide bonds. The van der Waals surface area contributed by atoms with Crippen molar-refractivity contribution in [3.8, 4) is 0 Å². The van der Waals surface area contributed by atoms with Gasteiger partial charge in [0.1, 0.15) is 12.1 Å². The van der Waals surface area contributed by atoms with Gasteiger partial charge in [-0.05, 0) is 18.8 Å². The van der Waals surface area contributed by atoms with Crippen LogP contribution in [0.4, 0.5) is 5.82 Å². The summed E-state index contributed by atoms with van der Waals surface area (Å²) in [5.41, 5.74) is 0.546. The maximum Gasteiger partial charge on any atom is 0.227 e. The summed E-state index contributed by atoms with van der Waals surface area (Å²) in [7, 11) is 3.82. The van der Waals surface area contributed by atoms with Crippen molar-refractivity contribution < 1.29 is 4.79 Å². The van der Waals surface area contributed by atoms with Crippen LogP contribution in [0.25, 0.3) is 11.0 Å². The Labute approximate surface area is 149 Å². The summed E-state index contributed by atoms with van der Waals surface area (Å²) in [6.07, 6.45) is 5.58. The topological polar surface area (TPSA) is 67.2 Å². The minimum Gasteiger partial charge on any atom is -0.356 e. The van der Waals surface area contributed by atoms with E-state index in [9.17, 15) is 4.79 Å². The minimum atomic E-state index is -0.317. The number of anilines is 1. The second-order valence-corrected chi connectivity index (χ2v) is 8.07. The van der Waals surface area contributed by atoms with Crippen LogP contribution < -0.4 is 4.90 Å². The van der Waals surface area contributed by atoms with E-state index in [1.165, 1.54) is 0 Å². The Hall–Kier alpha value is -2.18. The largest absolute Gasteiger partial charge is 0.356 e. The molecule has 0 saturated carbocycles. The smallest absolute Gasteiger partial charge is 0.227 e. The van der Waals surface area contributed by atoms with Gasteiger partial charge in [0, 0.05) is 39.1 Å². The quantitative estimate of drug-likeness (QED) is 0.853. The van der Waals surface area contributed by atoms with Crippen molar-refractivity contribution in [3.05, 3.63) is 12.5 Å². The van der Waals surface area contributed by atoms with Crippen molar-refractivity contribution in [3.63, 3.8) is 0 Å². The van der Waals surface area contributed by atoms with Gasteiger partial charge in [0.05, 0.1) is 11.6 Å². The summed E-state index contributed by atoms with van der Waals surface area (Å²) < 4.78 is 1.78. The average Bonchev–Trinajstić information content (AvgIpc) is 2.95. The molecule has 25 heavy (non-hydrogen) atoms. The summed E-state index contributed by atoms with van der Waals surface area (Å²) in [5, 5.41) is 5.29. The second-order valence-electron chi connectivity index (χ2n) is 8.07. The van der Waals surface area contributed by atoms with Gasteiger partial charge in [-0.15, -0.1) is 0 Å². The third-order valence-electron chi connectivity index (χ3n) is 4.94. The molecule has 0 aliphatic carbocycles. The van der Waals surface area contributed by atoms with Gasteiger partial charge in [-0.2, -0.15) is 5.10 Å².